The molecule has 2 rings (SSSR count). The third-order valence-corrected chi connectivity index (χ3v) is 4.00. The number of aryl methyl sites for hydroxylation is 1. The molecule has 0 aromatic heterocycles. The van der Waals surface area contributed by atoms with Crippen molar-refractivity contribution in [2.75, 3.05) is 7.11 Å². The summed E-state index contributed by atoms with van der Waals surface area (Å²) < 4.78 is 17.4. The Balaban J connectivity index is 2.29. The van der Waals surface area contributed by atoms with Crippen molar-refractivity contribution in [3.63, 3.8) is 0 Å². The summed E-state index contributed by atoms with van der Waals surface area (Å²) in [5.74, 6) is 0. The summed E-state index contributed by atoms with van der Waals surface area (Å²) in [5.41, 5.74) is 2.79. The quantitative estimate of drug-likeness (QED) is 0.783. The largest absolute Gasteiger partial charge is 0.494 e. The van der Waals surface area contributed by atoms with Crippen molar-refractivity contribution in [3.8, 4) is 0 Å². The SMILES string of the molecule is COCc1cc(C)cc(B2OC(C)(C)C(C)(C)O2)c1. The van der Waals surface area contributed by atoms with Gasteiger partial charge in [0.1, 0.15) is 0 Å². The first-order chi connectivity index (χ1) is 8.75. The van der Waals surface area contributed by atoms with E-state index in [4.69, 9.17) is 14.0 Å². The van der Waals surface area contributed by atoms with Crippen LogP contribution in [0.3, 0.4) is 0 Å². The molecule has 4 heteroatoms. The zero-order valence-electron chi connectivity index (χ0n) is 12.7. The highest BCUT2D eigenvalue weighted by molar-refractivity contribution is 6.62. The lowest BCUT2D eigenvalue weighted by molar-refractivity contribution is 0.00578. The van der Waals surface area contributed by atoms with Gasteiger partial charge in [0, 0.05) is 7.11 Å². The maximum absolute atomic E-state index is 6.08. The molecular weight excluding hydrogens is 239 g/mol. The van der Waals surface area contributed by atoms with Crippen LogP contribution < -0.4 is 5.46 Å². The lowest BCUT2D eigenvalue weighted by Crippen LogP contribution is -2.41. The molecule has 1 saturated heterocycles. The van der Waals surface area contributed by atoms with Crippen molar-refractivity contribution in [1.82, 2.24) is 0 Å². The van der Waals surface area contributed by atoms with Crippen LogP contribution in [0.4, 0.5) is 0 Å². The predicted octanol–water partition coefficient (Wildman–Crippen LogP) is 2.44. The third kappa shape index (κ3) is 2.86. The third-order valence-electron chi connectivity index (χ3n) is 4.00. The lowest BCUT2D eigenvalue weighted by Gasteiger charge is -2.32. The molecule has 0 spiro atoms. The van der Waals surface area contributed by atoms with Crippen molar-refractivity contribution in [3.05, 3.63) is 29.3 Å². The maximum Gasteiger partial charge on any atom is 0.494 e. The first kappa shape index (κ1) is 14.6. The average molecular weight is 262 g/mol. The van der Waals surface area contributed by atoms with E-state index in [1.165, 1.54) is 5.56 Å². The summed E-state index contributed by atoms with van der Waals surface area (Å²) in [4.78, 5) is 0. The van der Waals surface area contributed by atoms with E-state index < -0.39 is 0 Å². The van der Waals surface area contributed by atoms with Gasteiger partial charge in [-0.05, 0) is 45.6 Å². The Morgan fingerprint density at radius 2 is 1.63 bits per heavy atom. The monoisotopic (exact) mass is 262 g/mol. The normalized spacial score (nSPS) is 20.8. The van der Waals surface area contributed by atoms with Gasteiger partial charge in [-0.2, -0.15) is 0 Å². The highest BCUT2D eigenvalue weighted by Crippen LogP contribution is 2.36. The minimum atomic E-state index is -0.305. The Labute approximate surface area is 116 Å². The summed E-state index contributed by atoms with van der Waals surface area (Å²) >= 11 is 0. The molecule has 1 aromatic carbocycles. The molecule has 1 aromatic rings. The van der Waals surface area contributed by atoms with Crippen molar-refractivity contribution in [2.24, 2.45) is 0 Å². The molecule has 0 unspecified atom stereocenters. The smallest absolute Gasteiger partial charge is 0.399 e. The van der Waals surface area contributed by atoms with Crippen LogP contribution >= 0.6 is 0 Å². The maximum atomic E-state index is 6.08. The zero-order valence-corrected chi connectivity index (χ0v) is 12.7. The van der Waals surface area contributed by atoms with Crippen molar-refractivity contribution < 1.29 is 14.0 Å². The number of rotatable bonds is 3. The average Bonchev–Trinajstić information content (AvgIpc) is 2.48. The molecule has 3 nitrogen and oxygen atoms in total. The van der Waals surface area contributed by atoms with Gasteiger partial charge in [-0.3, -0.25) is 0 Å². The fourth-order valence-corrected chi connectivity index (χ4v) is 2.26. The molecule has 0 saturated carbocycles. The van der Waals surface area contributed by atoms with Crippen molar-refractivity contribution >= 4 is 12.6 Å². The Bertz CT molecular complexity index is 452. The van der Waals surface area contributed by atoms with Gasteiger partial charge in [0.2, 0.25) is 0 Å². The Morgan fingerprint density at radius 3 is 2.16 bits per heavy atom. The minimum absolute atomic E-state index is 0.303. The van der Waals surface area contributed by atoms with E-state index in [-0.39, 0.29) is 18.3 Å². The second-order valence-electron chi connectivity index (χ2n) is 6.27. The molecule has 0 atom stereocenters. The van der Waals surface area contributed by atoms with E-state index in [1.807, 2.05) is 0 Å². The lowest BCUT2D eigenvalue weighted by atomic mass is 9.77. The van der Waals surface area contributed by atoms with Gasteiger partial charge in [0.25, 0.3) is 0 Å². The molecule has 1 fully saturated rings. The number of hydrogen-bond donors (Lipinski definition) is 0. The number of methoxy groups -OCH3 is 1. The summed E-state index contributed by atoms with van der Waals surface area (Å²) in [6, 6.07) is 6.33. The van der Waals surface area contributed by atoms with Gasteiger partial charge in [-0.1, -0.05) is 23.8 Å². The molecule has 1 heterocycles. The molecule has 0 bridgehead atoms. The van der Waals surface area contributed by atoms with Crippen molar-refractivity contribution in [1.29, 1.82) is 0 Å². The van der Waals surface area contributed by atoms with Crippen LogP contribution in [0.15, 0.2) is 18.2 Å². The predicted molar refractivity (Wildman–Crippen MR) is 77.6 cm³/mol. The fourth-order valence-electron chi connectivity index (χ4n) is 2.26. The molecule has 104 valence electrons. The highest BCUT2D eigenvalue weighted by Gasteiger charge is 2.51. The van der Waals surface area contributed by atoms with E-state index in [2.05, 4.69) is 52.8 Å². The first-order valence-corrected chi connectivity index (χ1v) is 6.70. The van der Waals surface area contributed by atoms with Crippen LogP contribution in [0.1, 0.15) is 38.8 Å². The van der Waals surface area contributed by atoms with E-state index in [9.17, 15) is 0 Å². The first-order valence-electron chi connectivity index (χ1n) is 6.70. The topological polar surface area (TPSA) is 27.7 Å². The van der Waals surface area contributed by atoms with Gasteiger partial charge in [0.15, 0.2) is 0 Å². The molecular formula is C15H23BO3. The summed E-state index contributed by atoms with van der Waals surface area (Å²) in [7, 11) is 1.40. The Kier molecular flexibility index (Phi) is 3.78. The van der Waals surface area contributed by atoms with Gasteiger partial charge < -0.3 is 14.0 Å². The molecule has 0 amide bonds. The number of ether oxygens (including phenoxy) is 1. The van der Waals surface area contributed by atoms with Crippen LogP contribution in [0.5, 0.6) is 0 Å². The highest BCUT2D eigenvalue weighted by atomic mass is 16.7. The fraction of sp³-hybridized carbons (Fsp3) is 0.600. The van der Waals surface area contributed by atoms with Gasteiger partial charge in [-0.25, -0.2) is 0 Å². The van der Waals surface area contributed by atoms with E-state index in [1.54, 1.807) is 7.11 Å². The number of benzene rings is 1. The standard InChI is InChI=1S/C15H23BO3/c1-11-7-12(10-17-6)9-13(8-11)16-18-14(2,3)15(4,5)19-16/h7-9H,10H2,1-6H3. The summed E-state index contributed by atoms with van der Waals surface area (Å²) in [5, 5.41) is 0. The van der Waals surface area contributed by atoms with Crippen LogP contribution in [-0.4, -0.2) is 25.4 Å². The van der Waals surface area contributed by atoms with E-state index >= 15 is 0 Å². The molecule has 0 radical (unpaired) electrons. The van der Waals surface area contributed by atoms with E-state index in [0.29, 0.717) is 6.61 Å². The van der Waals surface area contributed by atoms with Crippen LogP contribution in [0.25, 0.3) is 0 Å². The van der Waals surface area contributed by atoms with Crippen LogP contribution in [0, 0.1) is 6.92 Å². The Hall–Kier alpha value is -0.835. The van der Waals surface area contributed by atoms with Crippen LogP contribution in [0.2, 0.25) is 0 Å². The minimum Gasteiger partial charge on any atom is -0.399 e. The zero-order chi connectivity index (χ0) is 14.3. The van der Waals surface area contributed by atoms with Crippen LogP contribution in [-0.2, 0) is 20.7 Å². The summed E-state index contributed by atoms with van der Waals surface area (Å²) in [6.07, 6.45) is 0. The molecule has 19 heavy (non-hydrogen) atoms. The molecule has 1 aliphatic heterocycles. The van der Waals surface area contributed by atoms with Gasteiger partial charge >= 0.3 is 7.12 Å². The van der Waals surface area contributed by atoms with Gasteiger partial charge in [-0.15, -0.1) is 0 Å². The Morgan fingerprint density at radius 1 is 1.05 bits per heavy atom. The second-order valence-corrected chi connectivity index (χ2v) is 6.27. The molecule has 1 aliphatic rings. The molecule has 0 N–H and O–H groups in total. The second kappa shape index (κ2) is 4.93. The number of hydrogen-bond acceptors (Lipinski definition) is 3. The van der Waals surface area contributed by atoms with Crippen molar-refractivity contribution in [2.45, 2.75) is 52.4 Å². The molecule has 0 aliphatic carbocycles. The summed E-state index contributed by atoms with van der Waals surface area (Å²) in [6.45, 7) is 11.0. The van der Waals surface area contributed by atoms with Gasteiger partial charge in [0.05, 0.1) is 17.8 Å². The van der Waals surface area contributed by atoms with E-state index in [0.717, 1.165) is 11.0 Å².